The number of aromatic nitrogens is 1. The number of aryl methyl sites for hydroxylation is 1. The molecule has 0 aliphatic rings. The van der Waals surface area contributed by atoms with Gasteiger partial charge < -0.3 is 14.1 Å². The zero-order chi connectivity index (χ0) is 11.7. The van der Waals surface area contributed by atoms with Crippen molar-refractivity contribution >= 4 is 28.6 Å². The fourth-order valence-electron chi connectivity index (χ4n) is 1.48. The van der Waals surface area contributed by atoms with Crippen molar-refractivity contribution in [3.05, 3.63) is 33.2 Å². The van der Waals surface area contributed by atoms with Gasteiger partial charge in [-0.2, -0.15) is 0 Å². The Morgan fingerprint density at radius 1 is 1.50 bits per heavy atom. The smallest absolute Gasteiger partial charge is 0.354 e. The molecule has 84 valence electrons. The fraction of sp³-hybridized carbons (Fsp3) is 0.182. The molecule has 2 rings (SSSR count). The van der Waals surface area contributed by atoms with E-state index >= 15 is 0 Å². The summed E-state index contributed by atoms with van der Waals surface area (Å²) in [4.78, 5) is 14.3. The molecule has 0 unspecified atom stereocenters. The monoisotopic (exact) mass is 331 g/mol. The number of ether oxygens (including phenoxy) is 1. The third kappa shape index (κ3) is 1.99. The van der Waals surface area contributed by atoms with E-state index in [9.17, 15) is 4.79 Å². The summed E-state index contributed by atoms with van der Waals surface area (Å²) in [5, 5.41) is 0. The first kappa shape index (κ1) is 11.3. The van der Waals surface area contributed by atoms with Crippen LogP contribution in [0, 0.1) is 10.7 Å². The van der Waals surface area contributed by atoms with Crippen LogP contribution in [0.15, 0.2) is 22.6 Å². The van der Waals surface area contributed by atoms with E-state index in [1.54, 1.807) is 6.07 Å². The van der Waals surface area contributed by atoms with Gasteiger partial charge in [-0.1, -0.05) is 0 Å². The Kier molecular flexibility index (Phi) is 3.04. The Bertz CT molecular complexity index is 527. The van der Waals surface area contributed by atoms with E-state index in [0.717, 1.165) is 20.8 Å². The van der Waals surface area contributed by atoms with Crippen LogP contribution < -0.4 is 0 Å². The molecule has 5 heteroatoms. The van der Waals surface area contributed by atoms with Crippen molar-refractivity contribution in [3.8, 4) is 11.5 Å². The number of carbonyl (C=O) groups is 1. The number of nitrogens with one attached hydrogen (secondary N) is 1. The van der Waals surface area contributed by atoms with Crippen LogP contribution >= 0.6 is 22.6 Å². The highest BCUT2D eigenvalue weighted by Gasteiger charge is 2.14. The van der Waals surface area contributed by atoms with E-state index in [1.807, 2.05) is 19.1 Å². The summed E-state index contributed by atoms with van der Waals surface area (Å²) in [6.07, 6.45) is 0. The van der Waals surface area contributed by atoms with Gasteiger partial charge in [-0.3, -0.25) is 0 Å². The van der Waals surface area contributed by atoms with Crippen molar-refractivity contribution in [2.75, 3.05) is 7.11 Å². The lowest BCUT2D eigenvalue weighted by Gasteiger charge is -1.95. The van der Waals surface area contributed by atoms with Crippen LogP contribution in [0.3, 0.4) is 0 Å². The quantitative estimate of drug-likeness (QED) is 0.680. The molecule has 16 heavy (non-hydrogen) atoms. The standard InChI is InChI=1S/C11H10INO3/c1-6-5-7(11(14)15-2)13-10(6)8-3-4-9(12)16-8/h3-5,13H,1-2H3. The molecule has 0 aliphatic carbocycles. The van der Waals surface area contributed by atoms with Gasteiger partial charge in [-0.15, -0.1) is 0 Å². The minimum Gasteiger partial charge on any atom is -0.464 e. The number of hydrogen-bond acceptors (Lipinski definition) is 3. The van der Waals surface area contributed by atoms with Gasteiger partial charge in [-0.05, 0) is 53.3 Å². The Hall–Kier alpha value is -1.24. The molecular weight excluding hydrogens is 321 g/mol. The van der Waals surface area contributed by atoms with E-state index in [1.165, 1.54) is 7.11 Å². The number of hydrogen-bond donors (Lipinski definition) is 1. The van der Waals surface area contributed by atoms with E-state index in [-0.39, 0.29) is 5.97 Å². The van der Waals surface area contributed by atoms with Crippen LogP contribution in [0.5, 0.6) is 0 Å². The minimum absolute atomic E-state index is 0.379. The molecule has 0 aromatic carbocycles. The number of halogens is 1. The molecule has 0 atom stereocenters. The second-order valence-electron chi connectivity index (χ2n) is 3.34. The van der Waals surface area contributed by atoms with Gasteiger partial charge >= 0.3 is 5.97 Å². The highest BCUT2D eigenvalue weighted by molar-refractivity contribution is 14.1. The second kappa shape index (κ2) is 4.32. The summed E-state index contributed by atoms with van der Waals surface area (Å²) < 4.78 is 10.9. The molecular formula is C11H10INO3. The van der Waals surface area contributed by atoms with E-state index < -0.39 is 0 Å². The Morgan fingerprint density at radius 3 is 2.81 bits per heavy atom. The third-order valence-corrected chi connectivity index (χ3v) is 2.82. The largest absolute Gasteiger partial charge is 0.464 e. The zero-order valence-corrected chi connectivity index (χ0v) is 11.0. The van der Waals surface area contributed by atoms with Crippen LogP contribution in [-0.4, -0.2) is 18.1 Å². The van der Waals surface area contributed by atoms with Crippen molar-refractivity contribution in [1.29, 1.82) is 0 Å². The first-order valence-corrected chi connectivity index (χ1v) is 5.73. The maximum Gasteiger partial charge on any atom is 0.354 e. The molecule has 0 saturated heterocycles. The van der Waals surface area contributed by atoms with Crippen molar-refractivity contribution < 1.29 is 13.9 Å². The molecule has 4 nitrogen and oxygen atoms in total. The molecule has 1 N–H and O–H groups in total. The number of carbonyl (C=O) groups excluding carboxylic acids is 1. The second-order valence-corrected chi connectivity index (χ2v) is 4.40. The Morgan fingerprint density at radius 2 is 2.25 bits per heavy atom. The molecule has 0 spiro atoms. The SMILES string of the molecule is COC(=O)c1cc(C)c(-c2ccc(I)o2)[nH]1. The van der Waals surface area contributed by atoms with E-state index in [2.05, 4.69) is 32.3 Å². The van der Waals surface area contributed by atoms with Gasteiger partial charge in [0.2, 0.25) is 0 Å². The molecule has 0 aliphatic heterocycles. The molecule has 0 bridgehead atoms. The predicted octanol–water partition coefficient (Wildman–Crippen LogP) is 2.97. The molecule has 0 radical (unpaired) electrons. The lowest BCUT2D eigenvalue weighted by molar-refractivity contribution is 0.0595. The van der Waals surface area contributed by atoms with Crippen LogP contribution in [0.1, 0.15) is 16.1 Å². The molecule has 0 amide bonds. The summed E-state index contributed by atoms with van der Waals surface area (Å²) >= 11 is 2.09. The summed E-state index contributed by atoms with van der Waals surface area (Å²) in [5.74, 6) is 0.340. The van der Waals surface area contributed by atoms with Gasteiger partial charge in [0.05, 0.1) is 12.8 Å². The summed E-state index contributed by atoms with van der Waals surface area (Å²) in [5.41, 5.74) is 2.19. The van der Waals surface area contributed by atoms with Crippen LogP contribution in [-0.2, 0) is 4.74 Å². The highest BCUT2D eigenvalue weighted by Crippen LogP contribution is 2.26. The number of methoxy groups -OCH3 is 1. The normalized spacial score (nSPS) is 10.4. The molecule has 2 aromatic rings. The lowest BCUT2D eigenvalue weighted by Crippen LogP contribution is -2.00. The first-order chi connectivity index (χ1) is 7.61. The van der Waals surface area contributed by atoms with Gasteiger partial charge in [0.25, 0.3) is 0 Å². The molecule has 0 saturated carbocycles. The topological polar surface area (TPSA) is 55.2 Å². The number of rotatable bonds is 2. The first-order valence-electron chi connectivity index (χ1n) is 4.65. The third-order valence-electron chi connectivity index (χ3n) is 2.24. The predicted molar refractivity (Wildman–Crippen MR) is 67.3 cm³/mol. The van der Waals surface area contributed by atoms with Gasteiger partial charge in [0.15, 0.2) is 9.53 Å². The number of furan rings is 1. The molecule has 2 heterocycles. The summed E-state index contributed by atoms with van der Waals surface area (Å²) in [7, 11) is 1.36. The van der Waals surface area contributed by atoms with Crippen molar-refractivity contribution in [2.45, 2.75) is 6.92 Å². The summed E-state index contributed by atoms with van der Waals surface area (Å²) in [6, 6.07) is 5.48. The Labute approximate surface area is 106 Å². The number of esters is 1. The van der Waals surface area contributed by atoms with Gasteiger partial charge in [0.1, 0.15) is 5.69 Å². The van der Waals surface area contributed by atoms with E-state index in [0.29, 0.717) is 5.69 Å². The zero-order valence-electron chi connectivity index (χ0n) is 8.83. The average molecular weight is 331 g/mol. The van der Waals surface area contributed by atoms with E-state index in [4.69, 9.17) is 4.42 Å². The molecule has 2 aromatic heterocycles. The van der Waals surface area contributed by atoms with Crippen molar-refractivity contribution in [1.82, 2.24) is 4.98 Å². The van der Waals surface area contributed by atoms with Crippen LogP contribution in [0.4, 0.5) is 0 Å². The van der Waals surface area contributed by atoms with Gasteiger partial charge in [0, 0.05) is 0 Å². The number of H-pyrrole nitrogens is 1. The number of aromatic amines is 1. The van der Waals surface area contributed by atoms with Crippen LogP contribution in [0.25, 0.3) is 11.5 Å². The fourth-order valence-corrected chi connectivity index (χ4v) is 1.90. The van der Waals surface area contributed by atoms with Crippen molar-refractivity contribution in [2.24, 2.45) is 0 Å². The highest BCUT2D eigenvalue weighted by atomic mass is 127. The maximum atomic E-state index is 11.3. The minimum atomic E-state index is -0.379. The van der Waals surface area contributed by atoms with Crippen LogP contribution in [0.2, 0.25) is 0 Å². The Balaban J connectivity index is 2.43. The average Bonchev–Trinajstić information content (AvgIpc) is 2.83. The maximum absolute atomic E-state index is 11.3. The van der Waals surface area contributed by atoms with Crippen molar-refractivity contribution in [3.63, 3.8) is 0 Å². The lowest BCUT2D eigenvalue weighted by atomic mass is 10.2. The molecule has 0 fully saturated rings. The van der Waals surface area contributed by atoms with Gasteiger partial charge in [-0.25, -0.2) is 4.79 Å². The summed E-state index contributed by atoms with van der Waals surface area (Å²) in [6.45, 7) is 1.91.